The van der Waals surface area contributed by atoms with Gasteiger partial charge < -0.3 is 0 Å². The van der Waals surface area contributed by atoms with E-state index in [0.29, 0.717) is 4.90 Å². The minimum absolute atomic E-state index is 0.191. The molecule has 0 aliphatic heterocycles. The summed E-state index contributed by atoms with van der Waals surface area (Å²) in [4.78, 5) is 0.476. The summed E-state index contributed by atoms with van der Waals surface area (Å²) in [7, 11) is -3.12. The first-order chi connectivity index (χ1) is 7.62. The maximum atomic E-state index is 12.4. The summed E-state index contributed by atoms with van der Waals surface area (Å²) in [6, 6.07) is 8.83. The molecule has 4 heteroatoms. The van der Waals surface area contributed by atoms with Gasteiger partial charge in [0.05, 0.1) is 10.1 Å². The third-order valence-electron chi connectivity index (χ3n) is 3.09. The van der Waals surface area contributed by atoms with E-state index in [2.05, 4.69) is 22.6 Å². The molecule has 0 aromatic heterocycles. The zero-order valence-corrected chi connectivity index (χ0v) is 11.9. The molecule has 0 radical (unpaired) electrons. The first-order valence-corrected chi connectivity index (χ1v) is 8.34. The molecule has 1 aliphatic carbocycles. The smallest absolute Gasteiger partial charge is 0.182 e. The second-order valence-corrected chi connectivity index (χ2v) is 7.96. The van der Waals surface area contributed by atoms with Gasteiger partial charge in [-0.3, -0.25) is 0 Å². The second kappa shape index (κ2) is 5.04. The van der Waals surface area contributed by atoms with Crippen molar-refractivity contribution in [2.75, 3.05) is 0 Å². The minimum Gasteiger partial charge on any atom is -0.223 e. The highest BCUT2D eigenvalue weighted by Crippen LogP contribution is 2.33. The standard InChI is InChI=1S/C12H15IO2S/c13-11-8-4-5-9-12(11)16(14,15)10-6-2-1-3-7-10/h1-3,6-7,11-12H,4-5,8-9H2. The summed E-state index contributed by atoms with van der Waals surface area (Å²) < 4.78 is 25.0. The first kappa shape index (κ1) is 12.4. The van der Waals surface area contributed by atoms with Gasteiger partial charge in [0.1, 0.15) is 0 Å². The van der Waals surface area contributed by atoms with Crippen molar-refractivity contribution in [2.24, 2.45) is 0 Å². The van der Waals surface area contributed by atoms with E-state index in [1.807, 2.05) is 6.07 Å². The average Bonchev–Trinajstić information content (AvgIpc) is 2.30. The Bertz CT molecular complexity index is 441. The van der Waals surface area contributed by atoms with Gasteiger partial charge in [0.15, 0.2) is 9.84 Å². The molecule has 1 aromatic carbocycles. The van der Waals surface area contributed by atoms with Crippen LogP contribution in [0.2, 0.25) is 0 Å². The van der Waals surface area contributed by atoms with Gasteiger partial charge in [-0.05, 0) is 25.0 Å². The molecule has 0 saturated heterocycles. The van der Waals surface area contributed by atoms with Crippen molar-refractivity contribution in [3.05, 3.63) is 30.3 Å². The Balaban J connectivity index is 2.32. The Morgan fingerprint density at radius 3 is 2.31 bits per heavy atom. The van der Waals surface area contributed by atoms with E-state index < -0.39 is 9.84 Å². The van der Waals surface area contributed by atoms with Crippen LogP contribution in [0.15, 0.2) is 35.2 Å². The Labute approximate surface area is 111 Å². The van der Waals surface area contributed by atoms with E-state index in [0.717, 1.165) is 25.7 Å². The lowest BCUT2D eigenvalue weighted by Crippen LogP contribution is -2.33. The first-order valence-electron chi connectivity index (χ1n) is 5.55. The fourth-order valence-electron chi connectivity index (χ4n) is 2.19. The Morgan fingerprint density at radius 2 is 1.69 bits per heavy atom. The van der Waals surface area contributed by atoms with Crippen molar-refractivity contribution < 1.29 is 8.42 Å². The van der Waals surface area contributed by atoms with Gasteiger partial charge in [-0.1, -0.05) is 53.6 Å². The van der Waals surface area contributed by atoms with Crippen molar-refractivity contribution in [1.29, 1.82) is 0 Å². The predicted molar refractivity (Wildman–Crippen MR) is 73.7 cm³/mol. The van der Waals surface area contributed by atoms with E-state index in [1.165, 1.54) is 0 Å². The lowest BCUT2D eigenvalue weighted by molar-refractivity contribution is 0.502. The number of alkyl halides is 1. The number of sulfone groups is 1. The van der Waals surface area contributed by atoms with Gasteiger partial charge in [0.2, 0.25) is 0 Å². The van der Waals surface area contributed by atoms with Crippen molar-refractivity contribution in [3.8, 4) is 0 Å². The van der Waals surface area contributed by atoms with Crippen LogP contribution in [0.5, 0.6) is 0 Å². The maximum absolute atomic E-state index is 12.4. The average molecular weight is 350 g/mol. The van der Waals surface area contributed by atoms with Crippen molar-refractivity contribution >= 4 is 32.4 Å². The lowest BCUT2D eigenvalue weighted by Gasteiger charge is -2.27. The monoisotopic (exact) mass is 350 g/mol. The van der Waals surface area contributed by atoms with Gasteiger partial charge >= 0.3 is 0 Å². The quantitative estimate of drug-likeness (QED) is 0.606. The van der Waals surface area contributed by atoms with Crippen LogP contribution in [0.1, 0.15) is 25.7 Å². The fraction of sp³-hybridized carbons (Fsp3) is 0.500. The zero-order chi connectivity index (χ0) is 11.6. The van der Waals surface area contributed by atoms with E-state index in [-0.39, 0.29) is 9.17 Å². The third kappa shape index (κ3) is 2.42. The number of rotatable bonds is 2. The molecular formula is C12H15IO2S. The summed E-state index contributed by atoms with van der Waals surface area (Å²) in [6.45, 7) is 0. The van der Waals surface area contributed by atoms with Crippen LogP contribution >= 0.6 is 22.6 Å². The van der Waals surface area contributed by atoms with Crippen molar-refractivity contribution in [2.45, 2.75) is 39.8 Å². The Kier molecular flexibility index (Phi) is 3.89. The van der Waals surface area contributed by atoms with Gasteiger partial charge in [-0.2, -0.15) is 0 Å². The van der Waals surface area contributed by atoms with Crippen LogP contribution in [-0.4, -0.2) is 17.6 Å². The van der Waals surface area contributed by atoms with E-state index in [1.54, 1.807) is 24.3 Å². The molecule has 16 heavy (non-hydrogen) atoms. The van der Waals surface area contributed by atoms with Gasteiger partial charge in [-0.15, -0.1) is 0 Å². The predicted octanol–water partition coefficient (Wildman–Crippen LogP) is 3.21. The molecule has 0 spiro atoms. The lowest BCUT2D eigenvalue weighted by atomic mass is 10.0. The van der Waals surface area contributed by atoms with Crippen LogP contribution in [-0.2, 0) is 9.84 Å². The largest absolute Gasteiger partial charge is 0.223 e. The number of benzene rings is 1. The molecule has 88 valence electrons. The van der Waals surface area contributed by atoms with Gasteiger partial charge in [-0.25, -0.2) is 8.42 Å². The normalized spacial score (nSPS) is 26.6. The molecule has 0 heterocycles. The number of halogens is 1. The molecule has 0 N–H and O–H groups in total. The van der Waals surface area contributed by atoms with E-state index >= 15 is 0 Å². The van der Waals surface area contributed by atoms with Crippen LogP contribution in [0, 0.1) is 0 Å². The molecule has 2 atom stereocenters. The molecular weight excluding hydrogens is 335 g/mol. The summed E-state index contributed by atoms with van der Waals surface area (Å²) in [6.07, 6.45) is 4.03. The second-order valence-electron chi connectivity index (χ2n) is 4.20. The molecule has 0 bridgehead atoms. The summed E-state index contributed by atoms with van der Waals surface area (Å²) in [5.74, 6) is 0. The summed E-state index contributed by atoms with van der Waals surface area (Å²) in [5.41, 5.74) is 0. The minimum atomic E-state index is -3.12. The SMILES string of the molecule is O=S(=O)(c1ccccc1)C1CCCCC1I. The Morgan fingerprint density at radius 1 is 1.06 bits per heavy atom. The highest BCUT2D eigenvalue weighted by Gasteiger charge is 2.34. The summed E-state index contributed by atoms with van der Waals surface area (Å²) in [5, 5.41) is -0.191. The van der Waals surface area contributed by atoms with Gasteiger partial charge in [0, 0.05) is 3.92 Å². The fourth-order valence-corrected chi connectivity index (χ4v) is 6.03. The topological polar surface area (TPSA) is 34.1 Å². The van der Waals surface area contributed by atoms with Gasteiger partial charge in [0.25, 0.3) is 0 Å². The molecule has 0 amide bonds. The number of hydrogen-bond donors (Lipinski definition) is 0. The zero-order valence-electron chi connectivity index (χ0n) is 8.97. The molecule has 1 saturated carbocycles. The van der Waals surface area contributed by atoms with Crippen LogP contribution < -0.4 is 0 Å². The molecule has 2 rings (SSSR count). The van der Waals surface area contributed by atoms with E-state index in [4.69, 9.17) is 0 Å². The third-order valence-corrected chi connectivity index (χ3v) is 7.36. The molecule has 2 unspecified atom stereocenters. The Hall–Kier alpha value is -0.100. The van der Waals surface area contributed by atoms with Crippen LogP contribution in [0.4, 0.5) is 0 Å². The molecule has 2 nitrogen and oxygen atoms in total. The molecule has 1 fully saturated rings. The van der Waals surface area contributed by atoms with Crippen LogP contribution in [0.3, 0.4) is 0 Å². The maximum Gasteiger partial charge on any atom is 0.182 e. The highest BCUT2D eigenvalue weighted by molar-refractivity contribution is 14.1. The van der Waals surface area contributed by atoms with Crippen LogP contribution in [0.25, 0.3) is 0 Å². The molecule has 1 aliphatic rings. The van der Waals surface area contributed by atoms with Crippen molar-refractivity contribution in [1.82, 2.24) is 0 Å². The van der Waals surface area contributed by atoms with Crippen molar-refractivity contribution in [3.63, 3.8) is 0 Å². The number of hydrogen-bond acceptors (Lipinski definition) is 2. The van der Waals surface area contributed by atoms with E-state index in [9.17, 15) is 8.42 Å². The molecule has 1 aromatic rings. The highest BCUT2D eigenvalue weighted by atomic mass is 127. The summed E-state index contributed by atoms with van der Waals surface area (Å²) >= 11 is 2.29.